The standard InChI is InChI=1S/C21H24N2O4S/c1-13(21(25)27-16-6-4-3-5-7-16)23-18-10-15(17-12-28-14(2)22-17)8-9-19(18)26-11-20(23)24/h8-10,12-13,16H,3-7,11H2,1-2H3. The lowest BCUT2D eigenvalue weighted by molar-refractivity contribution is -0.152. The van der Waals surface area contributed by atoms with Gasteiger partial charge < -0.3 is 9.47 Å². The van der Waals surface area contributed by atoms with Crippen molar-refractivity contribution in [1.82, 2.24) is 4.98 Å². The molecule has 0 N–H and O–H groups in total. The van der Waals surface area contributed by atoms with Crippen LogP contribution in [-0.2, 0) is 14.3 Å². The van der Waals surface area contributed by atoms with E-state index in [0.29, 0.717) is 11.4 Å². The Morgan fingerprint density at radius 3 is 2.82 bits per heavy atom. The number of benzene rings is 1. The summed E-state index contributed by atoms with van der Waals surface area (Å²) >= 11 is 1.57. The molecular formula is C21H24N2O4S. The molecule has 0 spiro atoms. The highest BCUT2D eigenvalue weighted by atomic mass is 32.1. The molecule has 1 amide bonds. The Hall–Kier alpha value is -2.41. The van der Waals surface area contributed by atoms with Gasteiger partial charge in [0.1, 0.15) is 17.9 Å². The van der Waals surface area contributed by atoms with Gasteiger partial charge in [-0.05, 0) is 57.7 Å². The maximum absolute atomic E-state index is 12.8. The van der Waals surface area contributed by atoms with Crippen LogP contribution in [0.4, 0.5) is 5.69 Å². The first-order valence-corrected chi connectivity index (χ1v) is 10.6. The Morgan fingerprint density at radius 1 is 1.32 bits per heavy atom. The molecule has 148 valence electrons. The van der Waals surface area contributed by atoms with Gasteiger partial charge >= 0.3 is 5.97 Å². The van der Waals surface area contributed by atoms with Gasteiger partial charge in [-0.2, -0.15) is 0 Å². The molecule has 1 atom stereocenters. The number of ether oxygens (including phenoxy) is 2. The maximum atomic E-state index is 12.8. The van der Waals surface area contributed by atoms with E-state index in [2.05, 4.69) is 4.98 Å². The molecule has 2 aromatic rings. The molecule has 2 heterocycles. The zero-order valence-electron chi connectivity index (χ0n) is 16.1. The topological polar surface area (TPSA) is 68.7 Å². The van der Waals surface area contributed by atoms with E-state index < -0.39 is 6.04 Å². The average Bonchev–Trinajstić information content (AvgIpc) is 3.14. The fourth-order valence-electron chi connectivity index (χ4n) is 3.80. The van der Waals surface area contributed by atoms with Crippen molar-refractivity contribution in [3.63, 3.8) is 0 Å². The Morgan fingerprint density at radius 2 is 2.11 bits per heavy atom. The van der Waals surface area contributed by atoms with Gasteiger partial charge in [-0.25, -0.2) is 9.78 Å². The number of nitrogens with zero attached hydrogens (tertiary/aromatic N) is 2. The number of carbonyl (C=O) groups excluding carboxylic acids is 2. The van der Waals surface area contributed by atoms with E-state index in [1.54, 1.807) is 18.3 Å². The third kappa shape index (κ3) is 3.76. The van der Waals surface area contributed by atoms with Crippen molar-refractivity contribution in [2.24, 2.45) is 0 Å². The van der Waals surface area contributed by atoms with E-state index >= 15 is 0 Å². The Balaban J connectivity index is 1.60. The van der Waals surface area contributed by atoms with Crippen LogP contribution < -0.4 is 9.64 Å². The Kier molecular flexibility index (Phi) is 5.35. The number of aryl methyl sites for hydroxylation is 1. The summed E-state index contributed by atoms with van der Waals surface area (Å²) in [4.78, 5) is 31.4. The minimum absolute atomic E-state index is 0.0383. The highest BCUT2D eigenvalue weighted by Crippen LogP contribution is 2.37. The zero-order chi connectivity index (χ0) is 19.7. The van der Waals surface area contributed by atoms with E-state index in [9.17, 15) is 9.59 Å². The Bertz CT molecular complexity index is 888. The van der Waals surface area contributed by atoms with Gasteiger partial charge in [0.15, 0.2) is 6.61 Å². The maximum Gasteiger partial charge on any atom is 0.329 e. The van der Waals surface area contributed by atoms with E-state index in [1.165, 1.54) is 11.3 Å². The predicted molar refractivity (Wildman–Crippen MR) is 108 cm³/mol. The zero-order valence-corrected chi connectivity index (χ0v) is 17.0. The summed E-state index contributed by atoms with van der Waals surface area (Å²) in [5.41, 5.74) is 2.33. The van der Waals surface area contributed by atoms with Crippen LogP contribution in [-0.4, -0.2) is 35.6 Å². The minimum atomic E-state index is -0.704. The van der Waals surface area contributed by atoms with Gasteiger partial charge in [-0.1, -0.05) is 6.42 Å². The van der Waals surface area contributed by atoms with E-state index in [0.717, 1.165) is 41.9 Å². The third-order valence-corrected chi connectivity index (χ3v) is 6.09. The molecule has 1 aliphatic heterocycles. The first kappa shape index (κ1) is 18.9. The summed E-state index contributed by atoms with van der Waals surface area (Å²) in [7, 11) is 0. The molecule has 0 radical (unpaired) electrons. The lowest BCUT2D eigenvalue weighted by Crippen LogP contribution is -2.49. The number of anilines is 1. The molecule has 1 aromatic carbocycles. The third-order valence-electron chi connectivity index (χ3n) is 5.32. The molecule has 1 unspecified atom stereocenters. The molecule has 1 saturated carbocycles. The number of fused-ring (bicyclic) bond motifs is 1. The van der Waals surface area contributed by atoms with Crippen LogP contribution in [0.15, 0.2) is 23.6 Å². The number of aromatic nitrogens is 1. The van der Waals surface area contributed by atoms with Crippen LogP contribution >= 0.6 is 11.3 Å². The monoisotopic (exact) mass is 400 g/mol. The first-order valence-electron chi connectivity index (χ1n) is 9.75. The normalized spacial score (nSPS) is 18.4. The molecule has 1 aromatic heterocycles. The molecule has 4 rings (SSSR count). The number of hydrogen-bond acceptors (Lipinski definition) is 6. The second-order valence-corrected chi connectivity index (χ2v) is 8.42. The molecule has 2 aliphatic rings. The van der Waals surface area contributed by atoms with Gasteiger partial charge in [-0.3, -0.25) is 9.69 Å². The molecule has 28 heavy (non-hydrogen) atoms. The highest BCUT2D eigenvalue weighted by Gasteiger charge is 2.35. The molecule has 0 saturated heterocycles. The molecule has 7 heteroatoms. The highest BCUT2D eigenvalue weighted by molar-refractivity contribution is 7.09. The lowest BCUT2D eigenvalue weighted by atomic mass is 9.98. The van der Waals surface area contributed by atoms with Crippen molar-refractivity contribution in [3.05, 3.63) is 28.6 Å². The van der Waals surface area contributed by atoms with Gasteiger partial charge in [0.25, 0.3) is 5.91 Å². The van der Waals surface area contributed by atoms with Gasteiger partial charge in [0.05, 0.1) is 16.4 Å². The van der Waals surface area contributed by atoms with Crippen molar-refractivity contribution in [2.75, 3.05) is 11.5 Å². The summed E-state index contributed by atoms with van der Waals surface area (Å²) in [6.07, 6.45) is 5.13. The quantitative estimate of drug-likeness (QED) is 0.723. The molecule has 6 nitrogen and oxygen atoms in total. The summed E-state index contributed by atoms with van der Waals surface area (Å²) < 4.78 is 11.3. The van der Waals surface area contributed by atoms with Gasteiger partial charge in [0, 0.05) is 10.9 Å². The smallest absolute Gasteiger partial charge is 0.329 e. The lowest BCUT2D eigenvalue weighted by Gasteiger charge is -2.34. The summed E-state index contributed by atoms with van der Waals surface area (Å²) in [6, 6.07) is 4.92. The summed E-state index contributed by atoms with van der Waals surface area (Å²) in [6.45, 7) is 3.59. The van der Waals surface area contributed by atoms with E-state index in [4.69, 9.17) is 9.47 Å². The Labute approximate surface area is 168 Å². The van der Waals surface area contributed by atoms with Gasteiger partial charge in [0.2, 0.25) is 0 Å². The van der Waals surface area contributed by atoms with Crippen LogP contribution in [0.3, 0.4) is 0 Å². The van der Waals surface area contributed by atoms with Crippen molar-refractivity contribution in [2.45, 2.75) is 58.1 Å². The number of esters is 1. The fourth-order valence-corrected chi connectivity index (χ4v) is 4.42. The van der Waals surface area contributed by atoms with E-state index in [-0.39, 0.29) is 24.6 Å². The van der Waals surface area contributed by atoms with Crippen LogP contribution in [0.2, 0.25) is 0 Å². The first-order chi connectivity index (χ1) is 13.5. The van der Waals surface area contributed by atoms with Crippen LogP contribution in [0, 0.1) is 6.92 Å². The van der Waals surface area contributed by atoms with Crippen molar-refractivity contribution in [1.29, 1.82) is 0 Å². The number of amides is 1. The van der Waals surface area contributed by atoms with Crippen LogP contribution in [0.5, 0.6) is 5.75 Å². The second kappa shape index (κ2) is 7.91. The molecular weight excluding hydrogens is 376 g/mol. The second-order valence-electron chi connectivity index (χ2n) is 7.36. The van der Waals surface area contributed by atoms with Crippen molar-refractivity contribution < 1.29 is 19.1 Å². The average molecular weight is 401 g/mol. The fraction of sp³-hybridized carbons (Fsp3) is 0.476. The van der Waals surface area contributed by atoms with Crippen molar-refractivity contribution in [3.8, 4) is 17.0 Å². The van der Waals surface area contributed by atoms with Crippen LogP contribution in [0.25, 0.3) is 11.3 Å². The van der Waals surface area contributed by atoms with Crippen molar-refractivity contribution >= 4 is 28.9 Å². The predicted octanol–water partition coefficient (Wildman–Crippen LogP) is 4.11. The molecule has 1 fully saturated rings. The summed E-state index contributed by atoms with van der Waals surface area (Å²) in [5, 5.41) is 2.95. The SMILES string of the molecule is Cc1nc(-c2ccc3c(c2)N(C(C)C(=O)OC2CCCCC2)C(=O)CO3)cs1. The number of hydrogen-bond donors (Lipinski definition) is 0. The number of rotatable bonds is 4. The largest absolute Gasteiger partial charge is 0.482 e. The van der Waals surface area contributed by atoms with Crippen LogP contribution in [0.1, 0.15) is 44.0 Å². The summed E-state index contributed by atoms with van der Waals surface area (Å²) in [5.74, 6) is -0.0113. The number of thiazole rings is 1. The minimum Gasteiger partial charge on any atom is -0.482 e. The van der Waals surface area contributed by atoms with E-state index in [1.807, 2.05) is 30.5 Å². The number of carbonyl (C=O) groups is 2. The van der Waals surface area contributed by atoms with Gasteiger partial charge in [-0.15, -0.1) is 11.3 Å². The molecule has 0 bridgehead atoms. The molecule has 1 aliphatic carbocycles.